The molecular weight excluding hydrogens is 556 g/mol. The first-order valence-electron chi connectivity index (χ1n) is 14.8. The lowest BCUT2D eigenvalue weighted by Crippen LogP contribution is -2.61. The van der Waals surface area contributed by atoms with Crippen molar-refractivity contribution in [1.29, 1.82) is 0 Å². The highest BCUT2D eigenvalue weighted by Gasteiger charge is 2.55. The molecule has 3 aliphatic rings. The van der Waals surface area contributed by atoms with E-state index in [0.717, 1.165) is 54.7 Å². The Bertz CT molecular complexity index is 2180. The summed E-state index contributed by atoms with van der Waals surface area (Å²) >= 11 is 0. The number of nitrogens with one attached hydrogen (secondary N) is 1. The monoisotopic (exact) mass is 588 g/mol. The summed E-state index contributed by atoms with van der Waals surface area (Å²) in [5.74, 6) is -0.107. The fourth-order valence-corrected chi connectivity index (χ4v) is 8.33. The van der Waals surface area contributed by atoms with E-state index in [4.69, 9.17) is 9.47 Å². The van der Waals surface area contributed by atoms with Gasteiger partial charge in [-0.2, -0.15) is 0 Å². The highest BCUT2D eigenvalue weighted by atomic mass is 16.6. The second-order valence-corrected chi connectivity index (χ2v) is 12.1. The fraction of sp³-hybridized carbons (Fsp3) is 0.257. The summed E-state index contributed by atoms with van der Waals surface area (Å²) in [6.45, 7) is 2.56. The molecule has 9 nitrogen and oxygen atoms in total. The van der Waals surface area contributed by atoms with Crippen LogP contribution in [0.3, 0.4) is 0 Å². The van der Waals surface area contributed by atoms with Gasteiger partial charge in [0, 0.05) is 54.2 Å². The van der Waals surface area contributed by atoms with E-state index < -0.39 is 18.1 Å². The van der Waals surface area contributed by atoms with Gasteiger partial charge in [0.2, 0.25) is 0 Å². The Kier molecular flexibility index (Phi) is 5.59. The van der Waals surface area contributed by atoms with Gasteiger partial charge in [-0.05, 0) is 36.8 Å². The molecule has 0 saturated carbocycles. The van der Waals surface area contributed by atoms with E-state index in [0.29, 0.717) is 18.5 Å². The van der Waals surface area contributed by atoms with Crippen LogP contribution in [0, 0.1) is 0 Å². The third-order valence-electron chi connectivity index (χ3n) is 10.0. The summed E-state index contributed by atoms with van der Waals surface area (Å²) in [5.41, 5.74) is 5.46. The van der Waals surface area contributed by atoms with Crippen LogP contribution >= 0.6 is 0 Å². The van der Waals surface area contributed by atoms with Crippen molar-refractivity contribution in [2.75, 3.05) is 14.2 Å². The largest absolute Gasteiger partial charge is 0.412 e. The lowest BCUT2D eigenvalue weighted by atomic mass is 9.91. The molecule has 222 valence electrons. The quantitative estimate of drug-likeness (QED) is 0.311. The SMILES string of the molecule is COC1C(N(C)C(=O)c2ccccc2)C[C@H]2OC1(C)n1c3ccccc3c3c4c(c5c6ccccc6n2c5c31)C(=O)NC4.O. The average Bonchev–Trinajstić information content (AvgIpc) is 3.68. The van der Waals surface area contributed by atoms with Gasteiger partial charge >= 0.3 is 0 Å². The van der Waals surface area contributed by atoms with E-state index in [-0.39, 0.29) is 23.3 Å². The highest BCUT2D eigenvalue weighted by molar-refractivity contribution is 6.31. The van der Waals surface area contributed by atoms with Crippen LogP contribution in [0.25, 0.3) is 43.6 Å². The van der Waals surface area contributed by atoms with E-state index >= 15 is 0 Å². The van der Waals surface area contributed by atoms with Gasteiger partial charge in [0.25, 0.3) is 11.8 Å². The smallest absolute Gasteiger partial charge is 0.253 e. The van der Waals surface area contributed by atoms with Crippen LogP contribution < -0.4 is 5.32 Å². The van der Waals surface area contributed by atoms with Crippen LogP contribution in [0.15, 0.2) is 78.9 Å². The van der Waals surface area contributed by atoms with Gasteiger partial charge in [-0.15, -0.1) is 0 Å². The number of carbonyl (C=O) groups is 2. The standard InChI is InChI=1S/C35H30N4O4.H2O/c1-35-32(42-3)25(37(2)34(41)19-11-5-4-6-12-19)17-26(43-35)38-23-15-9-7-13-20(23)28-29-22(18-36-33(29)40)27-21-14-8-10-16-24(21)39(35)31(27)30(28)38;/h4-16,25-26,32H,17-18H2,1-3H3,(H,36,40);1H2/t25?,26-,32?,35?;/m1./s1. The Labute approximate surface area is 252 Å². The van der Waals surface area contributed by atoms with Crippen molar-refractivity contribution in [1.82, 2.24) is 19.4 Å². The predicted octanol–water partition coefficient (Wildman–Crippen LogP) is 5.08. The Morgan fingerprint density at radius 3 is 2.34 bits per heavy atom. The lowest BCUT2D eigenvalue weighted by Gasteiger charge is -2.50. The first kappa shape index (κ1) is 26.9. The maximum absolute atomic E-state index is 13.9. The topological polar surface area (TPSA) is 109 Å². The van der Waals surface area contributed by atoms with Gasteiger partial charge in [-0.25, -0.2) is 0 Å². The first-order valence-corrected chi connectivity index (χ1v) is 14.8. The normalized spacial score (nSPS) is 23.6. The summed E-state index contributed by atoms with van der Waals surface area (Å²) in [7, 11) is 3.57. The number of aromatic nitrogens is 2. The molecule has 0 aliphatic carbocycles. The Morgan fingerprint density at radius 1 is 0.955 bits per heavy atom. The minimum atomic E-state index is -0.980. The summed E-state index contributed by atoms with van der Waals surface area (Å²) in [4.78, 5) is 29.2. The molecule has 6 aromatic rings. The molecule has 9 heteroatoms. The van der Waals surface area contributed by atoms with Gasteiger partial charge < -0.3 is 34.3 Å². The molecule has 44 heavy (non-hydrogen) atoms. The zero-order valence-electron chi connectivity index (χ0n) is 24.6. The highest BCUT2D eigenvalue weighted by Crippen LogP contribution is 2.54. The number of rotatable bonds is 3. The molecule has 1 saturated heterocycles. The molecule has 0 radical (unpaired) electrons. The van der Waals surface area contributed by atoms with Crippen LogP contribution in [-0.4, -0.2) is 57.6 Å². The number of ether oxygens (including phenoxy) is 2. The number of amides is 2. The van der Waals surface area contributed by atoms with Crippen molar-refractivity contribution in [3.63, 3.8) is 0 Å². The Morgan fingerprint density at radius 2 is 1.61 bits per heavy atom. The minimum Gasteiger partial charge on any atom is -0.412 e. The Hall–Kier alpha value is -4.70. The van der Waals surface area contributed by atoms with Gasteiger partial charge in [0.05, 0.1) is 33.7 Å². The van der Waals surface area contributed by atoms with E-state index in [1.54, 1.807) is 7.11 Å². The number of likely N-dealkylation sites (N-methyl/N-ethyl adjacent to an activating group) is 1. The zero-order valence-corrected chi connectivity index (χ0v) is 24.6. The van der Waals surface area contributed by atoms with Crippen molar-refractivity contribution in [2.45, 2.75) is 44.0 Å². The maximum atomic E-state index is 13.9. The number of hydrogen-bond acceptors (Lipinski definition) is 4. The van der Waals surface area contributed by atoms with E-state index in [1.807, 2.05) is 66.5 Å². The first-order chi connectivity index (χ1) is 20.9. The minimum absolute atomic E-state index is 0. The van der Waals surface area contributed by atoms with Crippen molar-refractivity contribution < 1.29 is 24.5 Å². The second-order valence-electron chi connectivity index (χ2n) is 12.1. The molecule has 4 aromatic carbocycles. The average molecular weight is 589 g/mol. The molecule has 2 amide bonds. The predicted molar refractivity (Wildman–Crippen MR) is 169 cm³/mol. The molecule has 2 aromatic heterocycles. The van der Waals surface area contributed by atoms with Gasteiger partial charge in [-0.3, -0.25) is 9.59 Å². The summed E-state index contributed by atoms with van der Waals surface area (Å²) < 4.78 is 18.1. The third kappa shape index (κ3) is 3.13. The summed E-state index contributed by atoms with van der Waals surface area (Å²) in [5, 5.41) is 7.24. The van der Waals surface area contributed by atoms with Gasteiger partial charge in [0.15, 0.2) is 5.72 Å². The lowest BCUT2D eigenvalue weighted by molar-refractivity contribution is -0.264. The van der Waals surface area contributed by atoms with Crippen LogP contribution in [0.1, 0.15) is 45.9 Å². The van der Waals surface area contributed by atoms with E-state index in [1.165, 1.54) is 0 Å². The molecular formula is C35H32N4O5. The zero-order chi connectivity index (χ0) is 29.2. The molecule has 5 heterocycles. The van der Waals surface area contributed by atoms with Gasteiger partial charge in [-0.1, -0.05) is 54.6 Å². The molecule has 3 aliphatic heterocycles. The number of carbonyl (C=O) groups excluding carboxylic acids is 2. The van der Waals surface area contributed by atoms with Crippen LogP contribution in [-0.2, 0) is 21.7 Å². The number of nitrogens with zero attached hydrogens (tertiary/aromatic N) is 3. The fourth-order valence-electron chi connectivity index (χ4n) is 8.33. The molecule has 4 atom stereocenters. The van der Waals surface area contributed by atoms with E-state index in [2.05, 4.69) is 45.6 Å². The molecule has 0 spiro atoms. The Balaban J connectivity index is 0.00000289. The van der Waals surface area contributed by atoms with Crippen molar-refractivity contribution in [2.24, 2.45) is 0 Å². The third-order valence-corrected chi connectivity index (χ3v) is 10.0. The van der Waals surface area contributed by atoms with Crippen molar-refractivity contribution >= 4 is 55.4 Å². The molecule has 1 fully saturated rings. The number of fused-ring (bicyclic) bond motifs is 13. The summed E-state index contributed by atoms with van der Waals surface area (Å²) in [6, 6.07) is 25.7. The number of benzene rings is 4. The van der Waals surface area contributed by atoms with Crippen molar-refractivity contribution in [3.05, 3.63) is 95.6 Å². The van der Waals surface area contributed by atoms with Crippen LogP contribution in [0.4, 0.5) is 0 Å². The van der Waals surface area contributed by atoms with Crippen LogP contribution in [0.2, 0.25) is 0 Å². The molecule has 2 bridgehead atoms. The summed E-state index contributed by atoms with van der Waals surface area (Å²) in [6.07, 6.45) is -0.386. The second kappa shape index (κ2) is 9.15. The number of hydrogen-bond donors (Lipinski definition) is 1. The molecule has 3 unspecified atom stereocenters. The van der Waals surface area contributed by atoms with Gasteiger partial charge in [0.1, 0.15) is 12.3 Å². The number of para-hydroxylation sites is 2. The molecule has 3 N–H and O–H groups in total. The molecule has 9 rings (SSSR count). The number of methoxy groups -OCH3 is 1. The van der Waals surface area contributed by atoms with E-state index in [9.17, 15) is 9.59 Å². The maximum Gasteiger partial charge on any atom is 0.253 e. The van der Waals surface area contributed by atoms with Crippen LogP contribution in [0.5, 0.6) is 0 Å². The van der Waals surface area contributed by atoms with Crippen molar-refractivity contribution in [3.8, 4) is 0 Å².